The van der Waals surface area contributed by atoms with Gasteiger partial charge < -0.3 is 20.1 Å². The second kappa shape index (κ2) is 14.1. The molecule has 2 aromatic carbocycles. The first-order chi connectivity index (χ1) is 15.1. The van der Waals surface area contributed by atoms with Gasteiger partial charge in [-0.2, -0.15) is 0 Å². The van der Waals surface area contributed by atoms with Gasteiger partial charge in [-0.3, -0.25) is 10.8 Å². The molecule has 0 aliphatic heterocycles. The first-order valence-corrected chi connectivity index (χ1v) is 11.1. The summed E-state index contributed by atoms with van der Waals surface area (Å²) in [5.74, 6) is 2.55. The van der Waals surface area contributed by atoms with Crippen molar-refractivity contribution in [1.82, 2.24) is 10.6 Å². The Morgan fingerprint density at radius 2 is 0.903 bits per heavy atom. The van der Waals surface area contributed by atoms with Gasteiger partial charge in [0.25, 0.3) is 0 Å². The van der Waals surface area contributed by atoms with E-state index in [4.69, 9.17) is 20.3 Å². The van der Waals surface area contributed by atoms with Gasteiger partial charge in [0.1, 0.15) is 23.2 Å². The van der Waals surface area contributed by atoms with Gasteiger partial charge in [-0.05, 0) is 61.4 Å². The molecule has 0 saturated heterocycles. The summed E-state index contributed by atoms with van der Waals surface area (Å²) in [4.78, 5) is 0. The van der Waals surface area contributed by atoms with Crippen LogP contribution in [0.15, 0.2) is 48.5 Å². The topological polar surface area (TPSA) is 90.2 Å². The van der Waals surface area contributed by atoms with Crippen LogP contribution in [-0.2, 0) is 0 Å². The Hall–Kier alpha value is -3.02. The molecule has 0 aromatic heterocycles. The maximum atomic E-state index is 8.09. The molecule has 0 atom stereocenters. The lowest BCUT2D eigenvalue weighted by molar-refractivity contribution is 0.414. The Morgan fingerprint density at radius 1 is 0.581 bits per heavy atom. The third-order valence-corrected chi connectivity index (χ3v) is 5.21. The lowest BCUT2D eigenvalue weighted by Crippen LogP contribution is -2.24. The largest absolute Gasteiger partial charge is 0.497 e. The van der Waals surface area contributed by atoms with Gasteiger partial charge in [0.15, 0.2) is 0 Å². The quantitative estimate of drug-likeness (QED) is 0.196. The van der Waals surface area contributed by atoms with Crippen molar-refractivity contribution in [3.8, 4) is 11.5 Å². The Balaban J connectivity index is 1.43. The summed E-state index contributed by atoms with van der Waals surface area (Å²) >= 11 is 0. The molecule has 2 rings (SSSR count). The van der Waals surface area contributed by atoms with Crippen LogP contribution in [0.5, 0.6) is 11.5 Å². The lowest BCUT2D eigenvalue weighted by Gasteiger charge is -2.09. The summed E-state index contributed by atoms with van der Waals surface area (Å²) < 4.78 is 10.3. The first-order valence-electron chi connectivity index (χ1n) is 11.1. The van der Waals surface area contributed by atoms with Gasteiger partial charge in [-0.1, -0.05) is 32.1 Å². The van der Waals surface area contributed by atoms with Crippen LogP contribution in [0.25, 0.3) is 0 Å². The Kier molecular flexibility index (Phi) is 11.0. The molecule has 0 heterocycles. The smallest absolute Gasteiger partial charge is 0.125 e. The highest BCUT2D eigenvalue weighted by Crippen LogP contribution is 2.12. The van der Waals surface area contributed by atoms with E-state index in [1.165, 1.54) is 32.1 Å². The predicted molar refractivity (Wildman–Crippen MR) is 128 cm³/mol. The van der Waals surface area contributed by atoms with E-state index >= 15 is 0 Å². The van der Waals surface area contributed by atoms with Gasteiger partial charge in [0, 0.05) is 24.2 Å². The monoisotopic (exact) mass is 424 g/mol. The van der Waals surface area contributed by atoms with E-state index in [1.54, 1.807) is 14.2 Å². The van der Waals surface area contributed by atoms with Crippen LogP contribution in [0.1, 0.15) is 56.1 Å². The minimum Gasteiger partial charge on any atom is -0.497 e. The highest BCUT2D eigenvalue weighted by molar-refractivity contribution is 5.96. The van der Waals surface area contributed by atoms with E-state index in [1.807, 2.05) is 48.5 Å². The molecule has 0 aliphatic carbocycles. The summed E-state index contributed by atoms with van der Waals surface area (Å²) in [7, 11) is 3.29. The van der Waals surface area contributed by atoms with Crippen molar-refractivity contribution >= 4 is 11.7 Å². The summed E-state index contributed by atoms with van der Waals surface area (Å²) in [6.45, 7) is 1.67. The predicted octanol–water partition coefficient (Wildman–Crippen LogP) is 4.96. The Morgan fingerprint density at radius 3 is 1.23 bits per heavy atom. The molecule has 6 nitrogen and oxygen atoms in total. The zero-order valence-electron chi connectivity index (χ0n) is 18.8. The van der Waals surface area contributed by atoms with Crippen LogP contribution in [0.2, 0.25) is 0 Å². The van der Waals surface area contributed by atoms with Gasteiger partial charge in [0.05, 0.1) is 14.2 Å². The molecule has 4 N–H and O–H groups in total. The number of methoxy groups -OCH3 is 2. The third-order valence-electron chi connectivity index (χ3n) is 5.21. The molecule has 0 radical (unpaired) electrons. The zero-order chi connectivity index (χ0) is 22.3. The van der Waals surface area contributed by atoms with E-state index in [9.17, 15) is 0 Å². The number of hydrogen-bond donors (Lipinski definition) is 4. The van der Waals surface area contributed by atoms with Crippen molar-refractivity contribution in [2.45, 2.75) is 44.9 Å². The van der Waals surface area contributed by atoms with Crippen LogP contribution < -0.4 is 20.1 Å². The van der Waals surface area contributed by atoms with E-state index < -0.39 is 0 Å². The third kappa shape index (κ3) is 9.11. The molecular weight excluding hydrogens is 388 g/mol. The molecule has 2 aromatic rings. The summed E-state index contributed by atoms with van der Waals surface area (Å²) in [6, 6.07) is 15.1. The Labute approximate surface area is 186 Å². The van der Waals surface area contributed by atoms with Crippen LogP contribution in [-0.4, -0.2) is 39.0 Å². The maximum Gasteiger partial charge on any atom is 0.125 e. The Bertz CT molecular complexity index is 721. The molecule has 0 amide bonds. The number of ether oxygens (including phenoxy) is 2. The molecule has 31 heavy (non-hydrogen) atoms. The minimum atomic E-state index is 0.468. The van der Waals surface area contributed by atoms with Crippen LogP contribution in [0.4, 0.5) is 0 Å². The van der Waals surface area contributed by atoms with Crippen LogP contribution in [0, 0.1) is 10.8 Å². The number of benzene rings is 2. The summed E-state index contributed by atoms with van der Waals surface area (Å²) in [5, 5.41) is 22.6. The fraction of sp³-hybridized carbons (Fsp3) is 0.440. The van der Waals surface area contributed by atoms with Gasteiger partial charge in [-0.25, -0.2) is 0 Å². The number of hydrogen-bond acceptors (Lipinski definition) is 4. The fourth-order valence-electron chi connectivity index (χ4n) is 3.28. The maximum absolute atomic E-state index is 8.09. The van der Waals surface area contributed by atoms with Crippen molar-refractivity contribution in [3.05, 3.63) is 59.7 Å². The molecule has 0 aliphatic rings. The molecule has 0 fully saturated rings. The van der Waals surface area contributed by atoms with Gasteiger partial charge in [0.2, 0.25) is 0 Å². The van der Waals surface area contributed by atoms with E-state index in [0.717, 1.165) is 48.6 Å². The number of amidine groups is 2. The summed E-state index contributed by atoms with van der Waals surface area (Å²) in [6.07, 6.45) is 8.23. The second-order valence-corrected chi connectivity index (χ2v) is 7.54. The highest BCUT2D eigenvalue weighted by atomic mass is 16.5. The van der Waals surface area contributed by atoms with E-state index in [2.05, 4.69) is 10.6 Å². The fourth-order valence-corrected chi connectivity index (χ4v) is 3.28. The second-order valence-electron chi connectivity index (χ2n) is 7.54. The lowest BCUT2D eigenvalue weighted by atomic mass is 10.1. The summed E-state index contributed by atoms with van der Waals surface area (Å²) in [5.41, 5.74) is 1.77. The normalized spacial score (nSPS) is 10.4. The van der Waals surface area contributed by atoms with Crippen molar-refractivity contribution in [1.29, 1.82) is 10.8 Å². The molecule has 0 unspecified atom stereocenters. The van der Waals surface area contributed by atoms with Crippen molar-refractivity contribution < 1.29 is 9.47 Å². The van der Waals surface area contributed by atoms with Gasteiger partial charge in [-0.15, -0.1) is 0 Å². The molecule has 0 saturated carbocycles. The molecule has 168 valence electrons. The van der Waals surface area contributed by atoms with Crippen LogP contribution >= 0.6 is 0 Å². The highest BCUT2D eigenvalue weighted by Gasteiger charge is 2.02. The van der Waals surface area contributed by atoms with Gasteiger partial charge >= 0.3 is 0 Å². The molecule has 0 bridgehead atoms. The number of unbranched alkanes of at least 4 members (excludes halogenated alkanes) is 6. The van der Waals surface area contributed by atoms with E-state index in [0.29, 0.717) is 11.7 Å². The zero-order valence-corrected chi connectivity index (χ0v) is 18.8. The SMILES string of the molecule is COc1ccc(C(=N)NCCCCCCCCCNC(=N)c2ccc(OC)cc2)cc1. The van der Waals surface area contributed by atoms with Crippen molar-refractivity contribution in [2.24, 2.45) is 0 Å². The molecule has 6 heteroatoms. The number of nitrogens with one attached hydrogen (secondary N) is 4. The van der Waals surface area contributed by atoms with Crippen molar-refractivity contribution in [2.75, 3.05) is 27.3 Å². The molecule has 0 spiro atoms. The average molecular weight is 425 g/mol. The molecular formula is C25H36N4O2. The average Bonchev–Trinajstić information content (AvgIpc) is 2.82. The minimum absolute atomic E-state index is 0.468. The van der Waals surface area contributed by atoms with Crippen molar-refractivity contribution in [3.63, 3.8) is 0 Å². The van der Waals surface area contributed by atoms with E-state index in [-0.39, 0.29) is 0 Å². The standard InChI is InChI=1S/C25H36N4O2/c1-30-22-14-10-20(11-15-22)24(26)28-18-8-6-4-3-5-7-9-19-29-25(27)21-12-16-23(31-2)17-13-21/h10-17H,3-9,18-19H2,1-2H3,(H2,26,28)(H2,27,29). The van der Waals surface area contributed by atoms with Crippen LogP contribution in [0.3, 0.4) is 0 Å². The number of rotatable bonds is 14. The first kappa shape index (κ1) is 24.3.